The third-order valence-electron chi connectivity index (χ3n) is 4.05. The number of rotatable bonds is 1. The Hall–Kier alpha value is -0.550. The van der Waals surface area contributed by atoms with Crippen LogP contribution in [0.1, 0.15) is 32.6 Å². The van der Waals surface area contributed by atoms with Crippen LogP contribution in [0.3, 0.4) is 0 Å². The molecule has 0 aromatic heterocycles. The van der Waals surface area contributed by atoms with Gasteiger partial charge in [-0.2, -0.15) is 5.26 Å². The van der Waals surface area contributed by atoms with Crippen LogP contribution in [0.5, 0.6) is 0 Å². The van der Waals surface area contributed by atoms with Crippen molar-refractivity contribution >= 4 is 0 Å². The van der Waals surface area contributed by atoms with Crippen molar-refractivity contribution in [3.63, 3.8) is 0 Å². The van der Waals surface area contributed by atoms with Crippen LogP contribution in [0.2, 0.25) is 0 Å². The van der Waals surface area contributed by atoms with Gasteiger partial charge in [0.25, 0.3) is 0 Å². The highest BCUT2D eigenvalue weighted by atomic mass is 15.2. The molecule has 2 saturated heterocycles. The third kappa shape index (κ3) is 1.46. The Morgan fingerprint density at radius 1 is 1.31 bits per heavy atom. The van der Waals surface area contributed by atoms with Crippen LogP contribution in [-0.4, -0.2) is 24.0 Å². The maximum absolute atomic E-state index is 8.88. The highest BCUT2D eigenvalue weighted by Crippen LogP contribution is 2.39. The van der Waals surface area contributed by atoms with E-state index in [0.29, 0.717) is 5.92 Å². The van der Waals surface area contributed by atoms with Crippen molar-refractivity contribution in [3.8, 4) is 6.07 Å². The maximum atomic E-state index is 8.88. The van der Waals surface area contributed by atoms with Crippen LogP contribution < -0.4 is 0 Å². The Bertz CT molecular complexity index is 217. The molecule has 2 bridgehead atoms. The number of nitriles is 1. The molecular formula is C11H18N2. The quantitative estimate of drug-likeness (QED) is 0.614. The molecule has 2 aliphatic heterocycles. The number of hydrogen-bond donors (Lipinski definition) is 0. The summed E-state index contributed by atoms with van der Waals surface area (Å²) in [7, 11) is 2.25. The van der Waals surface area contributed by atoms with Crippen LogP contribution in [0.4, 0.5) is 0 Å². The fourth-order valence-corrected chi connectivity index (χ4v) is 2.97. The minimum absolute atomic E-state index is 0.261. The third-order valence-corrected chi connectivity index (χ3v) is 4.05. The van der Waals surface area contributed by atoms with Gasteiger partial charge in [-0.1, -0.05) is 0 Å². The van der Waals surface area contributed by atoms with Gasteiger partial charge in [-0.25, -0.2) is 0 Å². The Morgan fingerprint density at radius 2 is 1.85 bits per heavy atom. The van der Waals surface area contributed by atoms with Gasteiger partial charge in [-0.3, -0.25) is 0 Å². The number of piperidine rings is 1. The lowest BCUT2D eigenvalue weighted by Crippen LogP contribution is -2.41. The summed E-state index contributed by atoms with van der Waals surface area (Å²) in [6.07, 6.45) is 5.22. The maximum Gasteiger partial charge on any atom is 0.0655 e. The molecule has 0 amide bonds. The van der Waals surface area contributed by atoms with E-state index in [2.05, 4.69) is 24.9 Å². The molecule has 0 spiro atoms. The van der Waals surface area contributed by atoms with Crippen molar-refractivity contribution in [2.45, 2.75) is 44.7 Å². The predicted octanol–water partition coefficient (Wildman–Crippen LogP) is 2.02. The number of nitrogens with zero attached hydrogens (tertiary/aromatic N) is 2. The largest absolute Gasteiger partial charge is 0.300 e. The highest BCUT2D eigenvalue weighted by Gasteiger charge is 2.39. The first-order chi connectivity index (χ1) is 6.22. The summed E-state index contributed by atoms with van der Waals surface area (Å²) in [5, 5.41) is 8.88. The summed E-state index contributed by atoms with van der Waals surface area (Å²) < 4.78 is 0. The first kappa shape index (κ1) is 9.02. The lowest BCUT2D eigenvalue weighted by atomic mass is 9.83. The molecule has 0 aromatic rings. The fourth-order valence-electron chi connectivity index (χ4n) is 2.97. The molecule has 2 fully saturated rings. The molecule has 2 heteroatoms. The van der Waals surface area contributed by atoms with E-state index >= 15 is 0 Å². The van der Waals surface area contributed by atoms with E-state index in [1.807, 2.05) is 0 Å². The molecule has 0 N–H and O–H groups in total. The first-order valence-electron chi connectivity index (χ1n) is 5.34. The molecule has 3 unspecified atom stereocenters. The van der Waals surface area contributed by atoms with Crippen LogP contribution in [0.25, 0.3) is 0 Å². The lowest BCUT2D eigenvalue weighted by Gasteiger charge is -2.37. The zero-order valence-electron chi connectivity index (χ0n) is 8.53. The summed E-state index contributed by atoms with van der Waals surface area (Å²) in [4.78, 5) is 2.53. The van der Waals surface area contributed by atoms with Gasteiger partial charge < -0.3 is 4.90 Å². The van der Waals surface area contributed by atoms with E-state index in [4.69, 9.17) is 5.26 Å². The molecule has 2 nitrogen and oxygen atoms in total. The molecule has 0 aromatic carbocycles. The van der Waals surface area contributed by atoms with E-state index in [9.17, 15) is 0 Å². The van der Waals surface area contributed by atoms with Gasteiger partial charge >= 0.3 is 0 Å². The number of hydrogen-bond acceptors (Lipinski definition) is 2. The fraction of sp³-hybridized carbons (Fsp3) is 0.909. The number of fused-ring (bicyclic) bond motifs is 2. The van der Waals surface area contributed by atoms with Crippen LogP contribution >= 0.6 is 0 Å². The molecule has 0 saturated carbocycles. The zero-order chi connectivity index (χ0) is 9.42. The van der Waals surface area contributed by atoms with Gasteiger partial charge in [0.1, 0.15) is 0 Å². The Labute approximate surface area is 80.5 Å². The molecule has 2 rings (SSSR count). The van der Waals surface area contributed by atoms with Gasteiger partial charge in [-0.15, -0.1) is 0 Å². The SMILES string of the molecule is CC(C#N)C1CC2CCC(C1)N2C. The summed E-state index contributed by atoms with van der Waals surface area (Å²) in [6, 6.07) is 3.95. The highest BCUT2D eigenvalue weighted by molar-refractivity contribution is 4.98. The standard InChI is InChI=1S/C11H18N2/c1-8(7-12)9-5-10-3-4-11(6-9)13(10)2/h8-11H,3-6H2,1-2H3. The van der Waals surface area contributed by atoms with Crippen molar-refractivity contribution in [1.29, 1.82) is 5.26 Å². The average molecular weight is 178 g/mol. The van der Waals surface area contributed by atoms with Crippen LogP contribution in [0, 0.1) is 23.2 Å². The summed E-state index contributed by atoms with van der Waals surface area (Å²) in [5.74, 6) is 0.926. The molecule has 0 aliphatic carbocycles. The average Bonchev–Trinajstić information content (AvgIpc) is 2.42. The normalized spacial score (nSPS) is 41.5. The Kier molecular flexibility index (Phi) is 2.29. The minimum Gasteiger partial charge on any atom is -0.300 e. The van der Waals surface area contributed by atoms with Gasteiger partial charge in [0.2, 0.25) is 0 Å². The Morgan fingerprint density at radius 3 is 2.31 bits per heavy atom. The second-order valence-corrected chi connectivity index (χ2v) is 4.70. The summed E-state index contributed by atoms with van der Waals surface area (Å²) in [6.45, 7) is 2.08. The molecule has 72 valence electrons. The zero-order valence-corrected chi connectivity index (χ0v) is 8.53. The van der Waals surface area contributed by atoms with Crippen molar-refractivity contribution in [2.75, 3.05) is 7.05 Å². The monoisotopic (exact) mass is 178 g/mol. The summed E-state index contributed by atoms with van der Waals surface area (Å²) in [5.41, 5.74) is 0. The van der Waals surface area contributed by atoms with E-state index in [-0.39, 0.29) is 5.92 Å². The van der Waals surface area contributed by atoms with Crippen LogP contribution in [-0.2, 0) is 0 Å². The van der Waals surface area contributed by atoms with Crippen molar-refractivity contribution < 1.29 is 0 Å². The molecule has 3 atom stereocenters. The molecule has 13 heavy (non-hydrogen) atoms. The van der Waals surface area contributed by atoms with Gasteiger partial charge in [-0.05, 0) is 45.6 Å². The van der Waals surface area contributed by atoms with E-state index in [1.54, 1.807) is 0 Å². The molecule has 2 aliphatic rings. The molecular weight excluding hydrogens is 160 g/mol. The molecule has 2 heterocycles. The van der Waals surface area contributed by atoms with Crippen molar-refractivity contribution in [2.24, 2.45) is 11.8 Å². The topological polar surface area (TPSA) is 27.0 Å². The van der Waals surface area contributed by atoms with Crippen LogP contribution in [0.15, 0.2) is 0 Å². The smallest absolute Gasteiger partial charge is 0.0655 e. The predicted molar refractivity (Wildman–Crippen MR) is 52.1 cm³/mol. The second-order valence-electron chi connectivity index (χ2n) is 4.70. The lowest BCUT2D eigenvalue weighted by molar-refractivity contribution is 0.119. The van der Waals surface area contributed by atoms with Crippen molar-refractivity contribution in [1.82, 2.24) is 4.90 Å². The molecule has 0 radical (unpaired) electrons. The Balaban J connectivity index is 2.03. The van der Waals surface area contributed by atoms with E-state index < -0.39 is 0 Å². The van der Waals surface area contributed by atoms with E-state index in [1.165, 1.54) is 25.7 Å². The first-order valence-corrected chi connectivity index (χ1v) is 5.34. The van der Waals surface area contributed by atoms with Gasteiger partial charge in [0.15, 0.2) is 0 Å². The van der Waals surface area contributed by atoms with Crippen molar-refractivity contribution in [3.05, 3.63) is 0 Å². The van der Waals surface area contributed by atoms with E-state index in [0.717, 1.165) is 12.1 Å². The second kappa shape index (κ2) is 3.31. The van der Waals surface area contributed by atoms with Gasteiger partial charge in [0, 0.05) is 18.0 Å². The minimum atomic E-state index is 0.261. The summed E-state index contributed by atoms with van der Waals surface area (Å²) >= 11 is 0. The van der Waals surface area contributed by atoms with Gasteiger partial charge in [0.05, 0.1) is 6.07 Å².